The van der Waals surface area contributed by atoms with E-state index in [9.17, 15) is 9.90 Å². The lowest BCUT2D eigenvalue weighted by Gasteiger charge is -2.26. The van der Waals surface area contributed by atoms with Gasteiger partial charge in [-0.3, -0.25) is 4.79 Å². The molecule has 1 atom stereocenters. The van der Waals surface area contributed by atoms with Crippen LogP contribution in [0.25, 0.3) is 0 Å². The lowest BCUT2D eigenvalue weighted by Crippen LogP contribution is -2.49. The SMILES string of the molecule is CCCCCCCCCCCCC(C)(NCCC)C(=O)O. The number of unbranched alkanes of at least 4 members (excludes halogenated alkanes) is 9. The van der Waals surface area contributed by atoms with Crippen molar-refractivity contribution in [3.63, 3.8) is 0 Å². The minimum Gasteiger partial charge on any atom is -0.480 e. The predicted octanol–water partition coefficient (Wildman–Crippen LogP) is 5.14. The molecule has 0 radical (unpaired) electrons. The second kappa shape index (κ2) is 13.1. The highest BCUT2D eigenvalue weighted by Crippen LogP contribution is 2.17. The lowest BCUT2D eigenvalue weighted by molar-refractivity contribution is -0.144. The van der Waals surface area contributed by atoms with Crippen LogP contribution in [0, 0.1) is 0 Å². The molecule has 0 aliphatic rings. The Labute approximate surface area is 131 Å². The topological polar surface area (TPSA) is 49.3 Å². The molecule has 0 fully saturated rings. The molecule has 0 aromatic heterocycles. The van der Waals surface area contributed by atoms with Gasteiger partial charge in [0.05, 0.1) is 0 Å². The summed E-state index contributed by atoms with van der Waals surface area (Å²) in [6.07, 6.45) is 14.6. The van der Waals surface area contributed by atoms with Crippen LogP contribution in [0.4, 0.5) is 0 Å². The van der Waals surface area contributed by atoms with Crippen LogP contribution in [0.2, 0.25) is 0 Å². The number of rotatable bonds is 15. The van der Waals surface area contributed by atoms with E-state index in [1.807, 2.05) is 6.92 Å². The van der Waals surface area contributed by atoms with Gasteiger partial charge in [0.25, 0.3) is 0 Å². The molecule has 0 spiro atoms. The van der Waals surface area contributed by atoms with E-state index in [0.717, 1.165) is 32.2 Å². The zero-order valence-corrected chi connectivity index (χ0v) is 14.5. The molecule has 0 saturated carbocycles. The molecule has 0 aromatic rings. The molecule has 3 heteroatoms. The minimum absolute atomic E-state index is 0.716. The first-order chi connectivity index (χ1) is 10.1. The maximum atomic E-state index is 11.4. The number of aliphatic carboxylic acids is 1. The molecule has 0 aromatic carbocycles. The van der Waals surface area contributed by atoms with Gasteiger partial charge in [-0.1, -0.05) is 78.1 Å². The van der Waals surface area contributed by atoms with Gasteiger partial charge in [-0.05, 0) is 26.3 Å². The highest BCUT2D eigenvalue weighted by molar-refractivity contribution is 5.78. The van der Waals surface area contributed by atoms with Crippen molar-refractivity contribution < 1.29 is 9.90 Å². The van der Waals surface area contributed by atoms with E-state index in [1.54, 1.807) is 0 Å². The normalized spacial score (nSPS) is 14.0. The standard InChI is InChI=1S/C18H37NO2/c1-4-6-7-8-9-10-11-12-13-14-15-18(3,17(20)21)19-16-5-2/h19H,4-16H2,1-3H3,(H,20,21). The van der Waals surface area contributed by atoms with Crippen LogP contribution in [0.3, 0.4) is 0 Å². The largest absolute Gasteiger partial charge is 0.480 e. The quantitative estimate of drug-likeness (QED) is 0.412. The maximum absolute atomic E-state index is 11.4. The van der Waals surface area contributed by atoms with E-state index in [0.29, 0.717) is 0 Å². The first kappa shape index (κ1) is 20.4. The maximum Gasteiger partial charge on any atom is 0.323 e. The van der Waals surface area contributed by atoms with Crippen LogP contribution in [-0.4, -0.2) is 23.2 Å². The van der Waals surface area contributed by atoms with Crippen molar-refractivity contribution in [3.8, 4) is 0 Å². The van der Waals surface area contributed by atoms with Crippen molar-refractivity contribution in [2.45, 2.75) is 103 Å². The Morgan fingerprint density at radius 1 is 0.857 bits per heavy atom. The highest BCUT2D eigenvalue weighted by Gasteiger charge is 2.31. The van der Waals surface area contributed by atoms with E-state index in [2.05, 4.69) is 19.2 Å². The number of nitrogens with one attached hydrogen (secondary N) is 1. The molecular formula is C18H37NO2. The van der Waals surface area contributed by atoms with Crippen molar-refractivity contribution in [1.82, 2.24) is 5.32 Å². The van der Waals surface area contributed by atoms with Gasteiger partial charge < -0.3 is 10.4 Å². The van der Waals surface area contributed by atoms with Crippen LogP contribution in [0.1, 0.15) is 97.8 Å². The van der Waals surface area contributed by atoms with Crippen molar-refractivity contribution in [1.29, 1.82) is 0 Å². The Morgan fingerprint density at radius 3 is 1.76 bits per heavy atom. The van der Waals surface area contributed by atoms with Crippen LogP contribution >= 0.6 is 0 Å². The van der Waals surface area contributed by atoms with Gasteiger partial charge in [0, 0.05) is 0 Å². The van der Waals surface area contributed by atoms with Gasteiger partial charge in [0.2, 0.25) is 0 Å². The van der Waals surface area contributed by atoms with Crippen LogP contribution in [0.5, 0.6) is 0 Å². The number of carboxylic acids is 1. The van der Waals surface area contributed by atoms with Gasteiger partial charge in [0.15, 0.2) is 0 Å². The molecule has 0 aliphatic heterocycles. The van der Waals surface area contributed by atoms with Gasteiger partial charge in [-0.15, -0.1) is 0 Å². The first-order valence-corrected chi connectivity index (χ1v) is 9.05. The third kappa shape index (κ3) is 10.8. The fourth-order valence-electron chi connectivity index (χ4n) is 2.64. The summed E-state index contributed by atoms with van der Waals surface area (Å²) in [6.45, 7) is 6.91. The molecule has 3 nitrogen and oxygen atoms in total. The van der Waals surface area contributed by atoms with Gasteiger partial charge >= 0.3 is 5.97 Å². The Hall–Kier alpha value is -0.570. The summed E-state index contributed by atoms with van der Waals surface area (Å²) in [7, 11) is 0. The smallest absolute Gasteiger partial charge is 0.323 e. The number of carbonyl (C=O) groups is 1. The lowest BCUT2D eigenvalue weighted by atomic mass is 9.93. The second-order valence-corrected chi connectivity index (χ2v) is 6.50. The van der Waals surface area contributed by atoms with Gasteiger partial charge in [-0.2, -0.15) is 0 Å². The predicted molar refractivity (Wildman–Crippen MR) is 90.8 cm³/mol. The molecule has 0 amide bonds. The van der Waals surface area contributed by atoms with Crippen molar-refractivity contribution in [3.05, 3.63) is 0 Å². The summed E-state index contributed by atoms with van der Waals surface area (Å²) in [5.41, 5.74) is -0.740. The monoisotopic (exact) mass is 299 g/mol. The van der Waals surface area contributed by atoms with E-state index >= 15 is 0 Å². The number of hydrogen-bond acceptors (Lipinski definition) is 2. The molecule has 2 N–H and O–H groups in total. The Kier molecular flexibility index (Phi) is 12.8. The van der Waals surface area contributed by atoms with Crippen LogP contribution in [-0.2, 0) is 4.79 Å². The summed E-state index contributed by atoms with van der Waals surface area (Å²) in [5.74, 6) is -0.716. The summed E-state index contributed by atoms with van der Waals surface area (Å²) in [6, 6.07) is 0. The van der Waals surface area contributed by atoms with E-state index < -0.39 is 11.5 Å². The first-order valence-electron chi connectivity index (χ1n) is 9.05. The van der Waals surface area contributed by atoms with Crippen LogP contribution in [0.15, 0.2) is 0 Å². The minimum atomic E-state index is -0.740. The Morgan fingerprint density at radius 2 is 1.33 bits per heavy atom. The molecule has 0 rings (SSSR count). The molecule has 0 bridgehead atoms. The van der Waals surface area contributed by atoms with Gasteiger partial charge in [0.1, 0.15) is 5.54 Å². The Balaban J connectivity index is 3.56. The zero-order valence-electron chi connectivity index (χ0n) is 14.5. The molecule has 1 unspecified atom stereocenters. The zero-order chi connectivity index (χ0) is 16.0. The Bertz CT molecular complexity index is 256. The fraction of sp³-hybridized carbons (Fsp3) is 0.944. The average molecular weight is 299 g/mol. The van der Waals surface area contributed by atoms with Crippen molar-refractivity contribution in [2.75, 3.05) is 6.54 Å². The second-order valence-electron chi connectivity index (χ2n) is 6.50. The van der Waals surface area contributed by atoms with E-state index in [-0.39, 0.29) is 0 Å². The molecular weight excluding hydrogens is 262 g/mol. The van der Waals surface area contributed by atoms with Gasteiger partial charge in [-0.25, -0.2) is 0 Å². The van der Waals surface area contributed by atoms with E-state index in [4.69, 9.17) is 0 Å². The fourth-order valence-corrected chi connectivity index (χ4v) is 2.64. The van der Waals surface area contributed by atoms with Crippen LogP contribution < -0.4 is 5.32 Å². The summed E-state index contributed by atoms with van der Waals surface area (Å²) < 4.78 is 0. The van der Waals surface area contributed by atoms with Crippen molar-refractivity contribution >= 4 is 5.97 Å². The summed E-state index contributed by atoms with van der Waals surface area (Å²) in [4.78, 5) is 11.4. The number of hydrogen-bond donors (Lipinski definition) is 2. The third-order valence-corrected chi connectivity index (χ3v) is 4.27. The molecule has 126 valence electrons. The average Bonchev–Trinajstić information content (AvgIpc) is 2.47. The van der Waals surface area contributed by atoms with E-state index in [1.165, 1.54) is 51.4 Å². The molecule has 21 heavy (non-hydrogen) atoms. The number of carboxylic acid groups (broad SMARTS) is 1. The molecule has 0 saturated heterocycles. The van der Waals surface area contributed by atoms with Crippen molar-refractivity contribution in [2.24, 2.45) is 0 Å². The molecule has 0 aliphatic carbocycles. The summed E-state index contributed by atoms with van der Waals surface area (Å²) in [5, 5.41) is 12.5. The third-order valence-electron chi connectivity index (χ3n) is 4.27. The summed E-state index contributed by atoms with van der Waals surface area (Å²) >= 11 is 0. The highest BCUT2D eigenvalue weighted by atomic mass is 16.4. The molecule has 0 heterocycles.